The number of nitrogens with one attached hydrogen (secondary N) is 1. The summed E-state index contributed by atoms with van der Waals surface area (Å²) in [6.45, 7) is 6.22. The molecule has 3 aliphatic rings. The van der Waals surface area contributed by atoms with Gasteiger partial charge in [-0.1, -0.05) is 26.7 Å². The number of rotatable bonds is 4. The molecule has 1 nitrogen and oxygen atoms in total. The van der Waals surface area contributed by atoms with Crippen LogP contribution < -0.4 is 5.32 Å². The number of hydrogen-bond acceptors (Lipinski definition) is 1. The zero-order chi connectivity index (χ0) is 11.2. The van der Waals surface area contributed by atoms with Crippen LogP contribution >= 0.6 is 0 Å². The van der Waals surface area contributed by atoms with Gasteiger partial charge in [0.25, 0.3) is 0 Å². The number of hydrogen-bond donors (Lipinski definition) is 1. The highest BCUT2D eigenvalue weighted by Crippen LogP contribution is 2.57. The molecule has 0 aliphatic heterocycles. The van der Waals surface area contributed by atoms with E-state index in [1.54, 1.807) is 0 Å². The summed E-state index contributed by atoms with van der Waals surface area (Å²) >= 11 is 0. The highest BCUT2D eigenvalue weighted by Gasteiger charge is 2.49. The van der Waals surface area contributed by atoms with Gasteiger partial charge < -0.3 is 5.32 Å². The van der Waals surface area contributed by atoms with Crippen molar-refractivity contribution in [3.05, 3.63) is 0 Å². The first-order valence-corrected chi connectivity index (χ1v) is 7.36. The Morgan fingerprint density at radius 1 is 1.00 bits per heavy atom. The van der Waals surface area contributed by atoms with Crippen LogP contribution in [-0.4, -0.2) is 12.6 Å². The predicted octanol–water partition coefficient (Wildman–Crippen LogP) is 3.74. The van der Waals surface area contributed by atoms with Gasteiger partial charge in [-0.2, -0.15) is 0 Å². The molecule has 0 radical (unpaired) electrons. The molecule has 0 aromatic heterocycles. The Labute approximate surface area is 100 Å². The standard InChI is InChI=1S/C15H27N/c1-14(2)8-3-5-13(14)16-11-15(9-4-10-15)12-6-7-12/h12-13,16H,3-11H2,1-2H3. The molecule has 3 aliphatic carbocycles. The third kappa shape index (κ3) is 1.81. The second-order valence-corrected chi connectivity index (χ2v) is 7.30. The zero-order valence-electron chi connectivity index (χ0n) is 11.0. The van der Waals surface area contributed by atoms with Crippen LogP contribution in [-0.2, 0) is 0 Å². The van der Waals surface area contributed by atoms with Gasteiger partial charge in [0.2, 0.25) is 0 Å². The minimum Gasteiger partial charge on any atom is -0.313 e. The maximum Gasteiger partial charge on any atom is 0.0118 e. The summed E-state index contributed by atoms with van der Waals surface area (Å²) in [6.07, 6.45) is 11.8. The van der Waals surface area contributed by atoms with E-state index in [-0.39, 0.29) is 0 Å². The first kappa shape index (κ1) is 11.1. The van der Waals surface area contributed by atoms with Crippen LogP contribution in [0.25, 0.3) is 0 Å². The van der Waals surface area contributed by atoms with Crippen LogP contribution in [0.2, 0.25) is 0 Å². The molecule has 0 amide bonds. The minimum absolute atomic E-state index is 0.550. The van der Waals surface area contributed by atoms with Gasteiger partial charge in [0.1, 0.15) is 0 Å². The van der Waals surface area contributed by atoms with Crippen molar-refractivity contribution in [3.63, 3.8) is 0 Å². The highest BCUT2D eigenvalue weighted by atomic mass is 15.0. The molecule has 0 saturated heterocycles. The fourth-order valence-electron chi connectivity index (χ4n) is 4.09. The largest absolute Gasteiger partial charge is 0.313 e. The van der Waals surface area contributed by atoms with E-state index in [9.17, 15) is 0 Å². The molecule has 0 aromatic carbocycles. The molecule has 3 saturated carbocycles. The van der Waals surface area contributed by atoms with Gasteiger partial charge >= 0.3 is 0 Å². The Morgan fingerprint density at radius 3 is 2.19 bits per heavy atom. The van der Waals surface area contributed by atoms with Gasteiger partial charge in [-0.3, -0.25) is 0 Å². The minimum atomic E-state index is 0.550. The smallest absolute Gasteiger partial charge is 0.0118 e. The van der Waals surface area contributed by atoms with Gasteiger partial charge in [0.05, 0.1) is 0 Å². The van der Waals surface area contributed by atoms with E-state index < -0.39 is 0 Å². The molecule has 0 aromatic rings. The zero-order valence-corrected chi connectivity index (χ0v) is 11.0. The molecular weight excluding hydrogens is 194 g/mol. The average molecular weight is 221 g/mol. The third-order valence-electron chi connectivity index (χ3n) is 5.75. The summed E-state index contributed by atoms with van der Waals surface area (Å²) in [5.74, 6) is 1.10. The normalized spacial score (nSPS) is 36.0. The van der Waals surface area contributed by atoms with Crippen molar-refractivity contribution < 1.29 is 0 Å². The Bertz CT molecular complexity index is 261. The molecule has 3 fully saturated rings. The molecular formula is C15H27N. The van der Waals surface area contributed by atoms with E-state index >= 15 is 0 Å². The van der Waals surface area contributed by atoms with Crippen LogP contribution in [0, 0.1) is 16.7 Å². The van der Waals surface area contributed by atoms with Gasteiger partial charge in [-0.05, 0) is 55.3 Å². The molecule has 3 rings (SSSR count). The lowest BCUT2D eigenvalue weighted by molar-refractivity contribution is 0.0872. The lowest BCUT2D eigenvalue weighted by atomic mass is 9.65. The molecule has 1 N–H and O–H groups in total. The summed E-state index contributed by atoms with van der Waals surface area (Å²) in [4.78, 5) is 0. The van der Waals surface area contributed by atoms with E-state index in [2.05, 4.69) is 19.2 Å². The topological polar surface area (TPSA) is 12.0 Å². The van der Waals surface area contributed by atoms with Crippen LogP contribution in [0.4, 0.5) is 0 Å². The van der Waals surface area contributed by atoms with Crippen molar-refractivity contribution in [1.29, 1.82) is 0 Å². The van der Waals surface area contributed by atoms with Crippen molar-refractivity contribution in [1.82, 2.24) is 5.32 Å². The van der Waals surface area contributed by atoms with E-state index in [0.29, 0.717) is 5.41 Å². The first-order valence-electron chi connectivity index (χ1n) is 7.36. The van der Waals surface area contributed by atoms with E-state index in [1.807, 2.05) is 0 Å². The summed E-state index contributed by atoms with van der Waals surface area (Å²) in [7, 11) is 0. The molecule has 0 bridgehead atoms. The van der Waals surface area contributed by atoms with Crippen molar-refractivity contribution >= 4 is 0 Å². The lowest BCUT2D eigenvalue weighted by Crippen LogP contribution is -2.47. The van der Waals surface area contributed by atoms with E-state index in [0.717, 1.165) is 17.4 Å². The van der Waals surface area contributed by atoms with E-state index in [4.69, 9.17) is 0 Å². The summed E-state index contributed by atoms with van der Waals surface area (Å²) in [5, 5.41) is 3.94. The molecule has 1 atom stereocenters. The average Bonchev–Trinajstić information content (AvgIpc) is 2.92. The van der Waals surface area contributed by atoms with Crippen LogP contribution in [0.15, 0.2) is 0 Å². The summed E-state index contributed by atoms with van der Waals surface area (Å²) < 4.78 is 0. The van der Waals surface area contributed by atoms with Gasteiger partial charge in [0, 0.05) is 12.6 Å². The highest BCUT2D eigenvalue weighted by molar-refractivity contribution is 5.02. The van der Waals surface area contributed by atoms with E-state index in [1.165, 1.54) is 57.9 Å². The van der Waals surface area contributed by atoms with Crippen molar-refractivity contribution in [2.75, 3.05) is 6.54 Å². The summed E-state index contributed by atoms with van der Waals surface area (Å²) in [6, 6.07) is 0.795. The molecule has 0 spiro atoms. The molecule has 1 heteroatoms. The molecule has 16 heavy (non-hydrogen) atoms. The maximum absolute atomic E-state index is 3.94. The van der Waals surface area contributed by atoms with Crippen molar-refractivity contribution in [2.45, 2.75) is 71.3 Å². The lowest BCUT2D eigenvalue weighted by Gasteiger charge is -2.44. The van der Waals surface area contributed by atoms with Gasteiger partial charge in [-0.25, -0.2) is 0 Å². The van der Waals surface area contributed by atoms with Crippen LogP contribution in [0.1, 0.15) is 65.2 Å². The van der Waals surface area contributed by atoms with Crippen molar-refractivity contribution in [2.24, 2.45) is 16.7 Å². The van der Waals surface area contributed by atoms with Crippen LogP contribution in [0.5, 0.6) is 0 Å². The Morgan fingerprint density at radius 2 is 1.75 bits per heavy atom. The Kier molecular flexibility index (Phi) is 2.58. The summed E-state index contributed by atoms with van der Waals surface area (Å²) in [5.41, 5.74) is 1.30. The van der Waals surface area contributed by atoms with Gasteiger partial charge in [-0.15, -0.1) is 0 Å². The van der Waals surface area contributed by atoms with Gasteiger partial charge in [0.15, 0.2) is 0 Å². The first-order chi connectivity index (χ1) is 7.62. The Balaban J connectivity index is 1.55. The molecule has 92 valence electrons. The second-order valence-electron chi connectivity index (χ2n) is 7.30. The maximum atomic E-state index is 3.94. The Hall–Kier alpha value is -0.0400. The predicted molar refractivity (Wildman–Crippen MR) is 68.4 cm³/mol. The second kappa shape index (κ2) is 3.73. The van der Waals surface area contributed by atoms with Crippen molar-refractivity contribution in [3.8, 4) is 0 Å². The molecule has 1 unspecified atom stereocenters. The monoisotopic (exact) mass is 221 g/mol. The fourth-order valence-corrected chi connectivity index (χ4v) is 4.09. The third-order valence-corrected chi connectivity index (χ3v) is 5.75. The molecule has 0 heterocycles. The SMILES string of the molecule is CC1(C)CCCC1NCC1(C2CC2)CCC1. The fraction of sp³-hybridized carbons (Fsp3) is 1.00. The quantitative estimate of drug-likeness (QED) is 0.762. The van der Waals surface area contributed by atoms with Crippen LogP contribution in [0.3, 0.4) is 0 Å².